The van der Waals surface area contributed by atoms with Gasteiger partial charge in [-0.05, 0) is 24.6 Å². The third-order valence-electron chi connectivity index (χ3n) is 3.37. The molecule has 2 amide bonds. The number of nitrogens with zero attached hydrogens (tertiary/aromatic N) is 1. The topological polar surface area (TPSA) is 101 Å². The molecule has 0 radical (unpaired) electrons. The van der Waals surface area contributed by atoms with Crippen LogP contribution in [0.2, 0.25) is 0 Å². The standard InChI is InChI=1S/C16H13F2N3O4/c1-9-5-6-10(21(24)25)7-14(9)20-16(23)15(22)19-8-11-12(17)3-2-4-13(11)18/h2-7H,8H2,1H3,(H,19,22)(H,20,23). The van der Waals surface area contributed by atoms with Gasteiger partial charge < -0.3 is 10.6 Å². The summed E-state index contributed by atoms with van der Waals surface area (Å²) in [6.07, 6.45) is 0. The largest absolute Gasteiger partial charge is 0.344 e. The van der Waals surface area contributed by atoms with Crippen molar-refractivity contribution in [2.75, 3.05) is 5.32 Å². The lowest BCUT2D eigenvalue weighted by atomic mass is 10.2. The van der Waals surface area contributed by atoms with E-state index in [9.17, 15) is 28.5 Å². The SMILES string of the molecule is Cc1ccc([N+](=O)[O-])cc1NC(=O)C(=O)NCc1c(F)cccc1F. The number of anilines is 1. The van der Waals surface area contributed by atoms with E-state index in [2.05, 4.69) is 10.6 Å². The van der Waals surface area contributed by atoms with Gasteiger partial charge in [-0.25, -0.2) is 8.78 Å². The maximum Gasteiger partial charge on any atom is 0.313 e. The molecule has 130 valence electrons. The third kappa shape index (κ3) is 4.34. The molecule has 2 aromatic carbocycles. The van der Waals surface area contributed by atoms with Crippen LogP contribution < -0.4 is 10.6 Å². The van der Waals surface area contributed by atoms with Crippen LogP contribution in [-0.2, 0) is 16.1 Å². The van der Waals surface area contributed by atoms with Crippen molar-refractivity contribution in [2.45, 2.75) is 13.5 Å². The first-order valence-electron chi connectivity index (χ1n) is 7.06. The van der Waals surface area contributed by atoms with E-state index in [1.54, 1.807) is 6.92 Å². The summed E-state index contributed by atoms with van der Waals surface area (Å²) >= 11 is 0. The van der Waals surface area contributed by atoms with Crippen LogP contribution in [0, 0.1) is 28.7 Å². The summed E-state index contributed by atoms with van der Waals surface area (Å²) < 4.78 is 26.9. The quantitative estimate of drug-likeness (QED) is 0.503. The Morgan fingerprint density at radius 2 is 1.76 bits per heavy atom. The maximum absolute atomic E-state index is 13.5. The van der Waals surface area contributed by atoms with Gasteiger partial charge in [-0.1, -0.05) is 12.1 Å². The van der Waals surface area contributed by atoms with Gasteiger partial charge in [0.1, 0.15) is 11.6 Å². The van der Waals surface area contributed by atoms with Gasteiger partial charge >= 0.3 is 11.8 Å². The van der Waals surface area contributed by atoms with Crippen LogP contribution in [0.3, 0.4) is 0 Å². The molecule has 0 aliphatic heterocycles. The number of hydrogen-bond donors (Lipinski definition) is 2. The number of carbonyl (C=O) groups excluding carboxylic acids is 2. The molecule has 0 spiro atoms. The summed E-state index contributed by atoms with van der Waals surface area (Å²) in [5.41, 5.74) is -0.0387. The number of aryl methyl sites for hydroxylation is 1. The molecule has 0 saturated carbocycles. The first-order valence-corrected chi connectivity index (χ1v) is 7.06. The molecule has 0 aliphatic carbocycles. The summed E-state index contributed by atoms with van der Waals surface area (Å²) in [7, 11) is 0. The van der Waals surface area contributed by atoms with Gasteiger partial charge in [0.05, 0.1) is 10.6 Å². The molecular formula is C16H13F2N3O4. The fraction of sp³-hybridized carbons (Fsp3) is 0.125. The van der Waals surface area contributed by atoms with Crippen molar-refractivity contribution >= 4 is 23.2 Å². The van der Waals surface area contributed by atoms with Crippen molar-refractivity contribution in [3.8, 4) is 0 Å². The Balaban J connectivity index is 2.05. The summed E-state index contributed by atoms with van der Waals surface area (Å²) in [5, 5.41) is 15.1. The molecule has 0 aliphatic rings. The van der Waals surface area contributed by atoms with Crippen LogP contribution >= 0.6 is 0 Å². The second kappa shape index (κ2) is 7.47. The number of rotatable bonds is 4. The molecule has 2 aromatic rings. The molecular weight excluding hydrogens is 336 g/mol. The predicted molar refractivity (Wildman–Crippen MR) is 84.7 cm³/mol. The van der Waals surface area contributed by atoms with Crippen molar-refractivity contribution in [2.24, 2.45) is 0 Å². The summed E-state index contributed by atoms with van der Waals surface area (Å²) in [4.78, 5) is 33.7. The second-order valence-corrected chi connectivity index (χ2v) is 5.09. The van der Waals surface area contributed by atoms with Crippen molar-refractivity contribution in [1.29, 1.82) is 0 Å². The molecule has 0 heterocycles. The van der Waals surface area contributed by atoms with Crippen molar-refractivity contribution in [1.82, 2.24) is 5.32 Å². The molecule has 2 rings (SSSR count). The average Bonchev–Trinajstić information content (AvgIpc) is 2.55. The predicted octanol–water partition coefficient (Wildman–Crippen LogP) is 2.44. The molecule has 9 heteroatoms. The highest BCUT2D eigenvalue weighted by atomic mass is 19.1. The Morgan fingerprint density at radius 1 is 1.12 bits per heavy atom. The zero-order chi connectivity index (χ0) is 18.6. The first kappa shape index (κ1) is 18.0. The minimum Gasteiger partial charge on any atom is -0.344 e. The highest BCUT2D eigenvalue weighted by Crippen LogP contribution is 2.21. The Morgan fingerprint density at radius 3 is 2.36 bits per heavy atom. The van der Waals surface area contributed by atoms with Gasteiger partial charge in [0.25, 0.3) is 5.69 Å². The normalized spacial score (nSPS) is 10.2. The van der Waals surface area contributed by atoms with E-state index in [0.717, 1.165) is 18.2 Å². The molecule has 2 N–H and O–H groups in total. The summed E-state index contributed by atoms with van der Waals surface area (Å²) in [6, 6.07) is 7.01. The van der Waals surface area contributed by atoms with Crippen LogP contribution in [-0.4, -0.2) is 16.7 Å². The second-order valence-electron chi connectivity index (χ2n) is 5.09. The van der Waals surface area contributed by atoms with Gasteiger partial charge in [-0.15, -0.1) is 0 Å². The van der Waals surface area contributed by atoms with E-state index >= 15 is 0 Å². The van der Waals surface area contributed by atoms with Crippen molar-refractivity contribution < 1.29 is 23.3 Å². The van der Waals surface area contributed by atoms with Gasteiger partial charge in [-0.3, -0.25) is 19.7 Å². The smallest absolute Gasteiger partial charge is 0.313 e. The Bertz CT molecular complexity index is 835. The molecule has 0 fully saturated rings. The maximum atomic E-state index is 13.5. The van der Waals surface area contributed by atoms with E-state index in [1.165, 1.54) is 18.2 Å². The van der Waals surface area contributed by atoms with E-state index in [1.807, 2.05) is 0 Å². The third-order valence-corrected chi connectivity index (χ3v) is 3.37. The zero-order valence-corrected chi connectivity index (χ0v) is 13.0. The molecule has 0 aromatic heterocycles. The van der Waals surface area contributed by atoms with E-state index < -0.39 is 34.9 Å². The number of hydrogen-bond acceptors (Lipinski definition) is 4. The highest BCUT2D eigenvalue weighted by molar-refractivity contribution is 6.39. The van der Waals surface area contributed by atoms with Gasteiger partial charge in [0, 0.05) is 24.2 Å². The first-order chi connectivity index (χ1) is 11.8. The van der Waals surface area contributed by atoms with Crippen LogP contribution in [0.4, 0.5) is 20.2 Å². The van der Waals surface area contributed by atoms with Crippen molar-refractivity contribution in [3.63, 3.8) is 0 Å². The van der Waals surface area contributed by atoms with Gasteiger partial charge in [-0.2, -0.15) is 0 Å². The van der Waals surface area contributed by atoms with Crippen LogP contribution in [0.25, 0.3) is 0 Å². The Labute approximate surface area is 140 Å². The number of benzene rings is 2. The number of non-ortho nitro benzene ring substituents is 1. The summed E-state index contributed by atoms with van der Waals surface area (Å²) in [6.45, 7) is 1.07. The highest BCUT2D eigenvalue weighted by Gasteiger charge is 2.18. The van der Waals surface area contributed by atoms with Crippen LogP contribution in [0.15, 0.2) is 36.4 Å². The fourth-order valence-corrected chi connectivity index (χ4v) is 1.99. The number of nitro benzene ring substituents is 1. The summed E-state index contributed by atoms with van der Waals surface area (Å²) in [5.74, 6) is -3.95. The van der Waals surface area contributed by atoms with Crippen molar-refractivity contribution in [3.05, 3.63) is 69.3 Å². The lowest BCUT2D eigenvalue weighted by molar-refractivity contribution is -0.384. The van der Waals surface area contributed by atoms with E-state index in [4.69, 9.17) is 0 Å². The number of amides is 2. The Kier molecular flexibility index (Phi) is 5.38. The molecule has 0 unspecified atom stereocenters. The van der Waals surface area contributed by atoms with E-state index in [-0.39, 0.29) is 16.9 Å². The number of nitrogens with one attached hydrogen (secondary N) is 2. The molecule has 7 nitrogen and oxygen atoms in total. The lowest BCUT2D eigenvalue weighted by Gasteiger charge is -2.09. The minimum absolute atomic E-state index is 0.0893. The zero-order valence-electron chi connectivity index (χ0n) is 13.0. The number of halogens is 2. The fourth-order valence-electron chi connectivity index (χ4n) is 1.99. The van der Waals surface area contributed by atoms with Crippen LogP contribution in [0.1, 0.15) is 11.1 Å². The monoisotopic (exact) mass is 349 g/mol. The molecule has 25 heavy (non-hydrogen) atoms. The number of carbonyl (C=O) groups is 2. The van der Waals surface area contributed by atoms with E-state index in [0.29, 0.717) is 5.56 Å². The minimum atomic E-state index is -1.13. The number of nitro groups is 1. The average molecular weight is 349 g/mol. The Hall–Kier alpha value is -3.36. The van der Waals surface area contributed by atoms with Crippen LogP contribution in [0.5, 0.6) is 0 Å². The molecule has 0 atom stereocenters. The lowest BCUT2D eigenvalue weighted by Crippen LogP contribution is -2.35. The van der Waals surface area contributed by atoms with Gasteiger partial charge in [0.15, 0.2) is 0 Å². The van der Waals surface area contributed by atoms with Gasteiger partial charge in [0.2, 0.25) is 0 Å². The molecule has 0 bridgehead atoms. The molecule has 0 saturated heterocycles.